The summed E-state index contributed by atoms with van der Waals surface area (Å²) in [4.78, 5) is 12.2. The van der Waals surface area contributed by atoms with Gasteiger partial charge in [-0.15, -0.1) is 10.2 Å². The molecule has 2 aromatic carbocycles. The average Bonchev–Trinajstić information content (AvgIpc) is 3.11. The molecule has 4 aromatic rings. The van der Waals surface area contributed by atoms with Gasteiger partial charge < -0.3 is 5.32 Å². The van der Waals surface area contributed by atoms with Crippen molar-refractivity contribution in [3.63, 3.8) is 0 Å². The Kier molecular flexibility index (Phi) is 4.99. The van der Waals surface area contributed by atoms with Crippen LogP contribution in [0.2, 0.25) is 5.02 Å². The van der Waals surface area contributed by atoms with Crippen molar-refractivity contribution in [2.24, 2.45) is 0 Å². The van der Waals surface area contributed by atoms with Gasteiger partial charge in [0.15, 0.2) is 11.5 Å². The Labute approximate surface area is 165 Å². The van der Waals surface area contributed by atoms with Gasteiger partial charge in [-0.05, 0) is 54.1 Å². The van der Waals surface area contributed by atoms with E-state index in [1.54, 1.807) is 40.9 Å². The first-order valence-corrected chi connectivity index (χ1v) is 8.95. The molecule has 0 spiro atoms. The predicted molar refractivity (Wildman–Crippen MR) is 103 cm³/mol. The van der Waals surface area contributed by atoms with E-state index in [4.69, 9.17) is 11.6 Å². The lowest BCUT2D eigenvalue weighted by atomic mass is 10.1. The summed E-state index contributed by atoms with van der Waals surface area (Å²) in [6.45, 7) is 0.188. The molecule has 2 heterocycles. The van der Waals surface area contributed by atoms with Crippen molar-refractivity contribution in [3.05, 3.63) is 82.9 Å². The van der Waals surface area contributed by atoms with Crippen LogP contribution < -0.4 is 5.32 Å². The number of benzene rings is 2. The van der Waals surface area contributed by atoms with Gasteiger partial charge >= 0.3 is 0 Å². The van der Waals surface area contributed by atoms with Crippen LogP contribution in [0.25, 0.3) is 16.9 Å². The minimum atomic E-state index is -0.307. The van der Waals surface area contributed by atoms with Crippen LogP contribution in [0.1, 0.15) is 11.4 Å². The number of carbonyl (C=O) groups is 1. The van der Waals surface area contributed by atoms with E-state index in [0.717, 1.165) is 11.1 Å². The SMILES string of the molecule is O=C(Cc1ccc(Cl)cc1)NCc1nnc2ccc(-c3ccc(F)cc3)nn12. The fourth-order valence-electron chi connectivity index (χ4n) is 2.75. The standard InChI is InChI=1S/C20H15ClFN5O/c21-15-5-1-13(2-6-15)11-20(28)23-12-19-25-24-18-10-9-17(26-27(18)19)14-3-7-16(22)8-4-14/h1-10H,11-12H2,(H,23,28). The molecule has 0 saturated carbocycles. The first-order chi connectivity index (χ1) is 13.6. The Hall–Kier alpha value is -3.32. The Bertz CT molecular complexity index is 1130. The maximum absolute atomic E-state index is 13.1. The lowest BCUT2D eigenvalue weighted by Gasteiger charge is -2.06. The largest absolute Gasteiger partial charge is 0.348 e. The third-order valence-corrected chi connectivity index (χ3v) is 4.44. The summed E-state index contributed by atoms with van der Waals surface area (Å²) in [7, 11) is 0. The summed E-state index contributed by atoms with van der Waals surface area (Å²) >= 11 is 5.85. The molecule has 0 atom stereocenters. The van der Waals surface area contributed by atoms with E-state index in [2.05, 4.69) is 20.6 Å². The van der Waals surface area contributed by atoms with E-state index in [1.165, 1.54) is 12.1 Å². The molecule has 1 N–H and O–H groups in total. The molecule has 0 unspecified atom stereocenters. The van der Waals surface area contributed by atoms with Crippen molar-refractivity contribution in [2.45, 2.75) is 13.0 Å². The molecule has 0 aliphatic heterocycles. The van der Waals surface area contributed by atoms with E-state index < -0.39 is 0 Å². The third kappa shape index (κ3) is 3.99. The van der Waals surface area contributed by atoms with Gasteiger partial charge in [-0.25, -0.2) is 4.39 Å². The highest BCUT2D eigenvalue weighted by molar-refractivity contribution is 6.30. The highest BCUT2D eigenvalue weighted by Gasteiger charge is 2.11. The minimum Gasteiger partial charge on any atom is -0.348 e. The minimum absolute atomic E-state index is 0.145. The van der Waals surface area contributed by atoms with Gasteiger partial charge in [-0.1, -0.05) is 23.7 Å². The summed E-state index contributed by atoms with van der Waals surface area (Å²) in [5.74, 6) is 0.0513. The van der Waals surface area contributed by atoms with E-state index in [9.17, 15) is 9.18 Å². The molecular weight excluding hydrogens is 381 g/mol. The molecule has 8 heteroatoms. The number of aromatic nitrogens is 4. The predicted octanol–water partition coefficient (Wildman–Crippen LogP) is 3.44. The van der Waals surface area contributed by atoms with Crippen molar-refractivity contribution < 1.29 is 9.18 Å². The number of nitrogens with zero attached hydrogens (tertiary/aromatic N) is 4. The Balaban J connectivity index is 1.49. The van der Waals surface area contributed by atoms with Crippen LogP contribution >= 0.6 is 11.6 Å². The van der Waals surface area contributed by atoms with Gasteiger partial charge in [0, 0.05) is 10.6 Å². The van der Waals surface area contributed by atoms with Crippen LogP contribution in [0, 0.1) is 5.82 Å². The molecule has 2 aromatic heterocycles. The fourth-order valence-corrected chi connectivity index (χ4v) is 2.87. The van der Waals surface area contributed by atoms with Crippen molar-refractivity contribution in [1.82, 2.24) is 25.1 Å². The normalized spacial score (nSPS) is 10.9. The van der Waals surface area contributed by atoms with Gasteiger partial charge in [0.05, 0.1) is 18.7 Å². The van der Waals surface area contributed by atoms with Crippen LogP contribution in [-0.2, 0) is 17.8 Å². The molecule has 0 aliphatic rings. The first kappa shape index (κ1) is 18.1. The molecule has 4 rings (SSSR count). The second-order valence-electron chi connectivity index (χ2n) is 6.19. The number of carbonyl (C=O) groups excluding carboxylic acids is 1. The van der Waals surface area contributed by atoms with Gasteiger partial charge in [0.1, 0.15) is 5.82 Å². The number of amides is 1. The van der Waals surface area contributed by atoms with Crippen molar-refractivity contribution in [3.8, 4) is 11.3 Å². The van der Waals surface area contributed by atoms with Crippen LogP contribution in [0.3, 0.4) is 0 Å². The Morgan fingerprint density at radius 2 is 1.75 bits per heavy atom. The zero-order chi connectivity index (χ0) is 19.5. The van der Waals surface area contributed by atoms with Crippen molar-refractivity contribution in [1.29, 1.82) is 0 Å². The maximum atomic E-state index is 13.1. The number of hydrogen-bond acceptors (Lipinski definition) is 4. The molecule has 0 saturated heterocycles. The second kappa shape index (κ2) is 7.74. The van der Waals surface area contributed by atoms with Gasteiger partial charge in [0.2, 0.25) is 5.91 Å². The van der Waals surface area contributed by atoms with Crippen LogP contribution in [0.4, 0.5) is 4.39 Å². The highest BCUT2D eigenvalue weighted by Crippen LogP contribution is 2.18. The summed E-state index contributed by atoms with van der Waals surface area (Å²) in [6, 6.07) is 16.8. The molecule has 1 amide bonds. The van der Waals surface area contributed by atoms with E-state index in [0.29, 0.717) is 22.2 Å². The third-order valence-electron chi connectivity index (χ3n) is 4.19. The lowest BCUT2D eigenvalue weighted by molar-refractivity contribution is -0.120. The Morgan fingerprint density at radius 3 is 2.50 bits per heavy atom. The smallest absolute Gasteiger partial charge is 0.224 e. The molecular formula is C20H15ClFN5O. The molecule has 0 fully saturated rings. The number of fused-ring (bicyclic) bond motifs is 1. The molecule has 0 radical (unpaired) electrons. The summed E-state index contributed by atoms with van der Waals surface area (Å²) in [6.07, 6.45) is 0.238. The highest BCUT2D eigenvalue weighted by atomic mass is 35.5. The summed E-state index contributed by atoms with van der Waals surface area (Å²) in [5, 5.41) is 16.1. The fraction of sp³-hybridized carbons (Fsp3) is 0.100. The van der Waals surface area contributed by atoms with E-state index >= 15 is 0 Å². The van der Waals surface area contributed by atoms with E-state index in [1.807, 2.05) is 12.1 Å². The van der Waals surface area contributed by atoms with Crippen LogP contribution in [0.15, 0.2) is 60.7 Å². The van der Waals surface area contributed by atoms with Crippen LogP contribution in [-0.4, -0.2) is 25.7 Å². The van der Waals surface area contributed by atoms with Crippen molar-refractivity contribution >= 4 is 23.2 Å². The molecule has 28 heavy (non-hydrogen) atoms. The molecule has 6 nitrogen and oxygen atoms in total. The number of nitrogens with one attached hydrogen (secondary N) is 1. The molecule has 140 valence electrons. The summed E-state index contributed by atoms with van der Waals surface area (Å²) < 4.78 is 14.7. The topological polar surface area (TPSA) is 72.2 Å². The number of halogens is 2. The van der Waals surface area contributed by atoms with Gasteiger partial charge in [0.25, 0.3) is 0 Å². The average molecular weight is 396 g/mol. The van der Waals surface area contributed by atoms with Gasteiger partial charge in [-0.3, -0.25) is 4.79 Å². The second-order valence-corrected chi connectivity index (χ2v) is 6.63. The summed E-state index contributed by atoms with van der Waals surface area (Å²) in [5.41, 5.74) is 2.85. The van der Waals surface area contributed by atoms with E-state index in [-0.39, 0.29) is 24.7 Å². The monoisotopic (exact) mass is 395 g/mol. The van der Waals surface area contributed by atoms with Gasteiger partial charge in [-0.2, -0.15) is 9.61 Å². The number of hydrogen-bond donors (Lipinski definition) is 1. The zero-order valence-corrected chi connectivity index (χ0v) is 15.4. The van der Waals surface area contributed by atoms with Crippen LogP contribution in [0.5, 0.6) is 0 Å². The first-order valence-electron chi connectivity index (χ1n) is 8.57. The molecule has 0 aliphatic carbocycles. The maximum Gasteiger partial charge on any atom is 0.224 e. The zero-order valence-electron chi connectivity index (χ0n) is 14.6. The quantitative estimate of drug-likeness (QED) is 0.562. The Morgan fingerprint density at radius 1 is 1.00 bits per heavy atom. The molecule has 0 bridgehead atoms. The van der Waals surface area contributed by atoms with Crippen molar-refractivity contribution in [2.75, 3.05) is 0 Å². The lowest BCUT2D eigenvalue weighted by Crippen LogP contribution is -2.25. The number of rotatable bonds is 5.